The molecule has 0 aliphatic carbocycles. The molecule has 0 atom stereocenters. The van der Waals surface area contributed by atoms with Gasteiger partial charge in [-0.25, -0.2) is 0 Å². The molecule has 0 rings (SSSR count). The summed E-state index contributed by atoms with van der Waals surface area (Å²) in [7, 11) is 0. The van der Waals surface area contributed by atoms with Gasteiger partial charge in [0.25, 0.3) is 0 Å². The molecule has 7 heavy (non-hydrogen) atoms. The van der Waals surface area contributed by atoms with Gasteiger partial charge in [-0.1, -0.05) is 0 Å². The van der Waals surface area contributed by atoms with Crippen LogP contribution in [0.1, 0.15) is 13.3 Å². The highest BCUT2D eigenvalue weighted by molar-refractivity contribution is 7.99. The molecule has 0 spiro atoms. The van der Waals surface area contributed by atoms with Crippen LogP contribution in [0.25, 0.3) is 0 Å². The molecule has 0 bridgehead atoms. The van der Waals surface area contributed by atoms with Crippen molar-refractivity contribution in [3.05, 3.63) is 0 Å². The Kier molecular flexibility index (Phi) is 3.56. The number of hydrogen-bond donors (Lipinski definition) is 2. The van der Waals surface area contributed by atoms with Crippen LogP contribution in [0.5, 0.6) is 0 Å². The lowest BCUT2D eigenvalue weighted by molar-refractivity contribution is -0.116. The molecule has 0 aliphatic rings. The number of carbonyl (C=O) groups is 1. The topological polar surface area (TPSA) is 17.1 Å². The van der Waals surface area contributed by atoms with Gasteiger partial charge in [-0.2, -0.15) is 25.3 Å². The summed E-state index contributed by atoms with van der Waals surface area (Å²) in [6.07, 6.45) is 0.451. The largest absolute Gasteiger partial charge is 0.300 e. The zero-order chi connectivity index (χ0) is 5.86. The Morgan fingerprint density at radius 1 is 1.71 bits per heavy atom. The van der Waals surface area contributed by atoms with E-state index in [-0.39, 0.29) is 10.4 Å². The Balaban J connectivity index is 3.13. The van der Waals surface area contributed by atoms with E-state index < -0.39 is 0 Å². The first kappa shape index (κ1) is 7.37. The fourth-order valence-electron chi connectivity index (χ4n) is 0.257. The predicted molar refractivity (Wildman–Crippen MR) is 37.1 cm³/mol. The van der Waals surface area contributed by atoms with Crippen molar-refractivity contribution in [2.24, 2.45) is 0 Å². The minimum atomic E-state index is -0.0856. The minimum Gasteiger partial charge on any atom is -0.300 e. The lowest BCUT2D eigenvalue weighted by Crippen LogP contribution is -1.95. The molecule has 0 aliphatic heterocycles. The van der Waals surface area contributed by atoms with Crippen LogP contribution >= 0.6 is 25.3 Å². The van der Waals surface area contributed by atoms with Crippen molar-refractivity contribution in [2.45, 2.75) is 17.9 Å². The first-order valence-corrected chi connectivity index (χ1v) is 3.02. The van der Waals surface area contributed by atoms with E-state index in [2.05, 4.69) is 25.3 Å². The second-order valence-electron chi connectivity index (χ2n) is 1.39. The Hall–Kier alpha value is 0.370. The maximum Gasteiger partial charge on any atom is 0.131 e. The van der Waals surface area contributed by atoms with Crippen LogP contribution in [0.2, 0.25) is 0 Å². The van der Waals surface area contributed by atoms with E-state index in [4.69, 9.17) is 0 Å². The SMILES string of the molecule is CC(=O)CC(S)S. The summed E-state index contributed by atoms with van der Waals surface area (Å²) >= 11 is 7.76. The first-order chi connectivity index (χ1) is 3.13. The fraction of sp³-hybridized carbons (Fsp3) is 0.750. The Morgan fingerprint density at radius 2 is 2.14 bits per heavy atom. The monoisotopic (exact) mass is 136 g/mol. The molecule has 3 heteroatoms. The van der Waals surface area contributed by atoms with Crippen LogP contribution in [0.15, 0.2) is 0 Å². The zero-order valence-electron chi connectivity index (χ0n) is 4.09. The molecular weight excluding hydrogens is 128 g/mol. The molecule has 0 aromatic heterocycles. The van der Waals surface area contributed by atoms with E-state index in [1.807, 2.05) is 0 Å². The second-order valence-corrected chi connectivity index (χ2v) is 3.04. The van der Waals surface area contributed by atoms with E-state index in [9.17, 15) is 4.79 Å². The minimum absolute atomic E-state index is 0.0856. The van der Waals surface area contributed by atoms with Crippen molar-refractivity contribution in [1.29, 1.82) is 0 Å². The molecular formula is C4H8OS2. The molecule has 0 saturated heterocycles. The van der Waals surface area contributed by atoms with Crippen LogP contribution in [0, 0.1) is 0 Å². The highest BCUT2D eigenvalue weighted by atomic mass is 32.2. The van der Waals surface area contributed by atoms with Crippen molar-refractivity contribution in [2.75, 3.05) is 0 Å². The smallest absolute Gasteiger partial charge is 0.131 e. The molecule has 0 heterocycles. The molecule has 0 saturated carbocycles. The third-order valence-electron chi connectivity index (χ3n) is 0.470. The molecule has 0 radical (unpaired) electrons. The Morgan fingerprint density at radius 3 is 2.14 bits per heavy atom. The van der Waals surface area contributed by atoms with Gasteiger partial charge in [0.1, 0.15) is 5.78 Å². The quantitative estimate of drug-likeness (QED) is 0.430. The number of Topliss-reactive ketones (excluding diaryl/α,β-unsaturated/α-hetero) is 1. The molecule has 0 amide bonds. The third kappa shape index (κ3) is 6.37. The molecule has 42 valence electrons. The van der Waals surface area contributed by atoms with Gasteiger partial charge < -0.3 is 0 Å². The summed E-state index contributed by atoms with van der Waals surface area (Å²) in [6, 6.07) is 0. The lowest BCUT2D eigenvalue weighted by atomic mass is 10.3. The highest BCUT2D eigenvalue weighted by Crippen LogP contribution is 2.04. The number of ketones is 1. The molecule has 0 unspecified atom stereocenters. The second kappa shape index (κ2) is 3.38. The van der Waals surface area contributed by atoms with Crippen LogP contribution in [-0.4, -0.2) is 10.4 Å². The number of rotatable bonds is 2. The van der Waals surface area contributed by atoms with E-state index in [0.717, 1.165) is 0 Å². The van der Waals surface area contributed by atoms with E-state index in [1.165, 1.54) is 6.92 Å². The average Bonchev–Trinajstić information content (AvgIpc) is 1.27. The van der Waals surface area contributed by atoms with Gasteiger partial charge >= 0.3 is 0 Å². The van der Waals surface area contributed by atoms with Crippen molar-refractivity contribution in [3.63, 3.8) is 0 Å². The summed E-state index contributed by atoms with van der Waals surface area (Å²) in [4.78, 5) is 10.2. The normalized spacial score (nSPS) is 9.71. The summed E-state index contributed by atoms with van der Waals surface area (Å²) in [5.41, 5.74) is 0. The van der Waals surface area contributed by atoms with Gasteiger partial charge in [-0.15, -0.1) is 0 Å². The third-order valence-corrected chi connectivity index (χ3v) is 0.835. The maximum atomic E-state index is 10.2. The van der Waals surface area contributed by atoms with Crippen molar-refractivity contribution in [3.8, 4) is 0 Å². The predicted octanol–water partition coefficient (Wildman–Crippen LogP) is 1.15. The van der Waals surface area contributed by atoms with Crippen LogP contribution in [-0.2, 0) is 4.79 Å². The lowest BCUT2D eigenvalue weighted by Gasteiger charge is -1.94. The van der Waals surface area contributed by atoms with Crippen molar-refractivity contribution < 1.29 is 4.79 Å². The van der Waals surface area contributed by atoms with Crippen LogP contribution in [0.4, 0.5) is 0 Å². The van der Waals surface area contributed by atoms with Gasteiger partial charge in [-0.3, -0.25) is 4.79 Å². The van der Waals surface area contributed by atoms with Gasteiger partial charge in [0.2, 0.25) is 0 Å². The molecule has 0 aromatic carbocycles. The molecule has 1 nitrogen and oxygen atoms in total. The van der Waals surface area contributed by atoms with Gasteiger partial charge in [0.05, 0.1) is 4.58 Å². The highest BCUT2D eigenvalue weighted by Gasteiger charge is 1.97. The summed E-state index contributed by atoms with van der Waals surface area (Å²) < 4.78 is -0.0856. The van der Waals surface area contributed by atoms with E-state index >= 15 is 0 Å². The van der Waals surface area contributed by atoms with Gasteiger partial charge in [-0.05, 0) is 6.92 Å². The number of thiol groups is 2. The fourth-order valence-corrected chi connectivity index (χ4v) is 0.771. The van der Waals surface area contributed by atoms with Crippen LogP contribution in [0.3, 0.4) is 0 Å². The van der Waals surface area contributed by atoms with Gasteiger partial charge in [0.15, 0.2) is 0 Å². The molecule has 0 aromatic rings. The summed E-state index contributed by atoms with van der Waals surface area (Å²) in [5, 5.41) is 0. The first-order valence-electron chi connectivity index (χ1n) is 1.98. The molecule has 0 fully saturated rings. The van der Waals surface area contributed by atoms with Crippen molar-refractivity contribution in [1.82, 2.24) is 0 Å². The maximum absolute atomic E-state index is 10.2. The van der Waals surface area contributed by atoms with E-state index in [0.29, 0.717) is 6.42 Å². The Bertz CT molecular complexity index is 70.1. The van der Waals surface area contributed by atoms with Crippen LogP contribution < -0.4 is 0 Å². The molecule has 0 N–H and O–H groups in total. The number of carbonyl (C=O) groups excluding carboxylic acids is 1. The van der Waals surface area contributed by atoms with Crippen molar-refractivity contribution >= 4 is 31.0 Å². The Labute approximate surface area is 54.3 Å². The number of hydrogen-bond acceptors (Lipinski definition) is 3. The summed E-state index contributed by atoms with van der Waals surface area (Å²) in [6.45, 7) is 1.53. The zero-order valence-corrected chi connectivity index (χ0v) is 5.88. The van der Waals surface area contributed by atoms with E-state index in [1.54, 1.807) is 0 Å². The van der Waals surface area contributed by atoms with Gasteiger partial charge in [0, 0.05) is 6.42 Å². The summed E-state index contributed by atoms with van der Waals surface area (Å²) in [5.74, 6) is 0.134. The average molecular weight is 136 g/mol. The standard InChI is InChI=1S/C4H8OS2/c1-3(5)2-4(6)7/h4,6-7H,2H2,1H3.